The highest BCUT2D eigenvalue weighted by molar-refractivity contribution is 4.68. The van der Waals surface area contributed by atoms with E-state index in [1.807, 2.05) is 12.1 Å². The Kier molecular flexibility index (Phi) is 5.35. The number of hydrogen-bond donors (Lipinski definition) is 1. The second-order valence-electron chi connectivity index (χ2n) is 3.87. The predicted molar refractivity (Wildman–Crippen MR) is 54.5 cm³/mol. The summed E-state index contributed by atoms with van der Waals surface area (Å²) in [4.78, 5) is 5.06. The summed E-state index contributed by atoms with van der Waals surface area (Å²) in [6, 6.07) is 0. The van der Waals surface area contributed by atoms with Crippen molar-refractivity contribution in [3.05, 3.63) is 0 Å². The average molecular weight is 186 g/mol. The van der Waals surface area contributed by atoms with Crippen LogP contribution in [0.2, 0.25) is 0 Å². The zero-order valence-corrected chi connectivity index (χ0v) is 8.88. The summed E-state index contributed by atoms with van der Waals surface area (Å²) >= 11 is 0. The smallest absolute Gasteiger partial charge is 0.0575 e. The number of rotatable bonds is 5. The van der Waals surface area contributed by atoms with Crippen LogP contribution in [0.3, 0.4) is 0 Å². The molecule has 1 heterocycles. The molecule has 1 fully saturated rings. The molecular formula is C10H22N2O. The standard InChI is InChI=1S/C10H22N2O/c1-12(13-2)9-3-4-10-5-7-11-8-6-10/h10-11H,3-9H2,1-2H3. The highest BCUT2D eigenvalue weighted by Crippen LogP contribution is 2.17. The van der Waals surface area contributed by atoms with Gasteiger partial charge >= 0.3 is 0 Å². The average Bonchev–Trinajstić information content (AvgIpc) is 2.19. The quantitative estimate of drug-likeness (QED) is 0.654. The first kappa shape index (κ1) is 11.0. The molecule has 13 heavy (non-hydrogen) atoms. The molecule has 0 amide bonds. The van der Waals surface area contributed by atoms with Crippen LogP contribution in [0.1, 0.15) is 25.7 Å². The fourth-order valence-corrected chi connectivity index (χ4v) is 1.86. The Morgan fingerprint density at radius 3 is 2.69 bits per heavy atom. The topological polar surface area (TPSA) is 24.5 Å². The lowest BCUT2D eigenvalue weighted by molar-refractivity contribution is -0.110. The molecule has 0 unspecified atom stereocenters. The molecule has 0 aromatic heterocycles. The van der Waals surface area contributed by atoms with Crippen molar-refractivity contribution in [2.45, 2.75) is 25.7 Å². The van der Waals surface area contributed by atoms with Crippen LogP contribution >= 0.6 is 0 Å². The van der Waals surface area contributed by atoms with E-state index in [2.05, 4.69) is 5.32 Å². The van der Waals surface area contributed by atoms with Gasteiger partial charge in [0.2, 0.25) is 0 Å². The minimum absolute atomic E-state index is 0.950. The summed E-state index contributed by atoms with van der Waals surface area (Å²) in [6.07, 6.45) is 5.33. The van der Waals surface area contributed by atoms with Gasteiger partial charge in [-0.2, -0.15) is 5.06 Å². The Morgan fingerprint density at radius 2 is 2.08 bits per heavy atom. The minimum atomic E-state index is 0.950. The normalized spacial score (nSPS) is 19.6. The van der Waals surface area contributed by atoms with Gasteiger partial charge in [-0.3, -0.25) is 0 Å². The largest absolute Gasteiger partial charge is 0.317 e. The van der Waals surface area contributed by atoms with Gasteiger partial charge in [-0.1, -0.05) is 0 Å². The SMILES string of the molecule is CON(C)CCCC1CCNCC1. The second kappa shape index (κ2) is 6.35. The summed E-state index contributed by atoms with van der Waals surface area (Å²) in [6.45, 7) is 3.48. The van der Waals surface area contributed by atoms with Gasteiger partial charge < -0.3 is 10.2 Å². The molecule has 1 aliphatic heterocycles. The highest BCUT2D eigenvalue weighted by atomic mass is 16.7. The maximum Gasteiger partial charge on any atom is 0.0575 e. The van der Waals surface area contributed by atoms with Crippen molar-refractivity contribution in [1.82, 2.24) is 10.4 Å². The number of hydroxylamine groups is 2. The molecule has 0 bridgehead atoms. The molecule has 1 rings (SSSR count). The summed E-state index contributed by atoms with van der Waals surface area (Å²) < 4.78 is 0. The Labute approximate surface area is 81.4 Å². The molecule has 0 aromatic carbocycles. The fraction of sp³-hybridized carbons (Fsp3) is 1.00. The molecule has 1 N–H and O–H groups in total. The third-order valence-electron chi connectivity index (χ3n) is 2.86. The summed E-state index contributed by atoms with van der Waals surface area (Å²) in [5, 5.41) is 5.29. The van der Waals surface area contributed by atoms with E-state index in [4.69, 9.17) is 4.84 Å². The lowest BCUT2D eigenvalue weighted by atomic mass is 9.93. The van der Waals surface area contributed by atoms with Crippen molar-refractivity contribution in [3.8, 4) is 0 Å². The van der Waals surface area contributed by atoms with Crippen LogP contribution in [-0.4, -0.2) is 38.9 Å². The van der Waals surface area contributed by atoms with Gasteiger partial charge in [0, 0.05) is 13.6 Å². The van der Waals surface area contributed by atoms with Gasteiger partial charge in [0.25, 0.3) is 0 Å². The van der Waals surface area contributed by atoms with Gasteiger partial charge in [0.1, 0.15) is 0 Å². The van der Waals surface area contributed by atoms with Gasteiger partial charge in [0.05, 0.1) is 7.11 Å². The molecule has 1 aliphatic rings. The van der Waals surface area contributed by atoms with E-state index >= 15 is 0 Å². The van der Waals surface area contributed by atoms with Crippen LogP contribution in [0.15, 0.2) is 0 Å². The number of piperidine rings is 1. The van der Waals surface area contributed by atoms with Gasteiger partial charge in [-0.25, -0.2) is 0 Å². The van der Waals surface area contributed by atoms with Crippen LogP contribution in [0.5, 0.6) is 0 Å². The molecule has 0 aliphatic carbocycles. The molecule has 78 valence electrons. The van der Waals surface area contributed by atoms with Crippen LogP contribution in [0, 0.1) is 5.92 Å². The molecule has 3 heteroatoms. The zero-order valence-electron chi connectivity index (χ0n) is 8.88. The van der Waals surface area contributed by atoms with Crippen molar-refractivity contribution in [1.29, 1.82) is 0 Å². The lowest BCUT2D eigenvalue weighted by Gasteiger charge is -2.23. The zero-order chi connectivity index (χ0) is 9.52. The van der Waals surface area contributed by atoms with E-state index in [1.54, 1.807) is 7.11 Å². The maximum atomic E-state index is 5.06. The monoisotopic (exact) mass is 186 g/mol. The van der Waals surface area contributed by atoms with E-state index in [0.717, 1.165) is 12.5 Å². The van der Waals surface area contributed by atoms with Crippen LogP contribution in [0.4, 0.5) is 0 Å². The van der Waals surface area contributed by atoms with E-state index in [9.17, 15) is 0 Å². The van der Waals surface area contributed by atoms with Crippen LogP contribution < -0.4 is 5.32 Å². The third kappa shape index (κ3) is 4.60. The van der Waals surface area contributed by atoms with Crippen molar-refractivity contribution in [2.24, 2.45) is 5.92 Å². The first-order valence-electron chi connectivity index (χ1n) is 5.29. The number of hydrogen-bond acceptors (Lipinski definition) is 3. The van der Waals surface area contributed by atoms with Crippen LogP contribution in [0.25, 0.3) is 0 Å². The van der Waals surface area contributed by atoms with E-state index in [0.29, 0.717) is 0 Å². The van der Waals surface area contributed by atoms with Gasteiger partial charge in [0.15, 0.2) is 0 Å². The van der Waals surface area contributed by atoms with Crippen LogP contribution in [-0.2, 0) is 4.84 Å². The molecule has 3 nitrogen and oxygen atoms in total. The first-order valence-corrected chi connectivity index (χ1v) is 5.29. The molecule has 0 radical (unpaired) electrons. The molecule has 0 aromatic rings. The first-order chi connectivity index (χ1) is 6.33. The van der Waals surface area contributed by atoms with Crippen molar-refractivity contribution in [3.63, 3.8) is 0 Å². The van der Waals surface area contributed by atoms with E-state index < -0.39 is 0 Å². The minimum Gasteiger partial charge on any atom is -0.317 e. The number of nitrogens with zero attached hydrogens (tertiary/aromatic N) is 1. The Balaban J connectivity index is 1.98. The summed E-state index contributed by atoms with van der Waals surface area (Å²) in [5.74, 6) is 0.950. The Hall–Kier alpha value is -0.120. The maximum absolute atomic E-state index is 5.06. The van der Waals surface area contributed by atoms with Crippen molar-refractivity contribution in [2.75, 3.05) is 33.8 Å². The van der Waals surface area contributed by atoms with Gasteiger partial charge in [-0.05, 0) is 44.7 Å². The summed E-state index contributed by atoms with van der Waals surface area (Å²) in [5.41, 5.74) is 0. The Bertz CT molecular complexity index is 124. The van der Waals surface area contributed by atoms with E-state index in [1.165, 1.54) is 38.8 Å². The highest BCUT2D eigenvalue weighted by Gasteiger charge is 2.12. The molecule has 0 saturated carbocycles. The van der Waals surface area contributed by atoms with E-state index in [-0.39, 0.29) is 0 Å². The summed E-state index contributed by atoms with van der Waals surface area (Å²) in [7, 11) is 3.72. The lowest BCUT2D eigenvalue weighted by Crippen LogP contribution is -2.28. The second-order valence-corrected chi connectivity index (χ2v) is 3.87. The van der Waals surface area contributed by atoms with Crippen molar-refractivity contribution < 1.29 is 4.84 Å². The number of nitrogens with one attached hydrogen (secondary N) is 1. The molecule has 0 spiro atoms. The predicted octanol–water partition coefficient (Wildman–Crippen LogP) is 1.26. The molecule has 1 saturated heterocycles. The van der Waals surface area contributed by atoms with Gasteiger partial charge in [-0.15, -0.1) is 0 Å². The fourth-order valence-electron chi connectivity index (χ4n) is 1.86. The van der Waals surface area contributed by atoms with Crippen molar-refractivity contribution >= 4 is 0 Å². The molecular weight excluding hydrogens is 164 g/mol. The Morgan fingerprint density at radius 1 is 1.38 bits per heavy atom. The third-order valence-corrected chi connectivity index (χ3v) is 2.86. The molecule has 0 atom stereocenters.